The minimum Gasteiger partial charge on any atom is -0.508 e. The highest BCUT2D eigenvalue weighted by molar-refractivity contribution is 7.83. The van der Waals surface area contributed by atoms with Gasteiger partial charge in [-0.25, -0.2) is 0 Å². The van der Waals surface area contributed by atoms with Gasteiger partial charge in [0, 0.05) is 41.0 Å². The maximum absolute atomic E-state index is 10.9. The summed E-state index contributed by atoms with van der Waals surface area (Å²) in [4.78, 5) is 20.1. The molecule has 0 aliphatic heterocycles. The molecule has 0 bridgehead atoms. The molecule has 12 heteroatoms. The number of hydrogen-bond acceptors (Lipinski definition) is 9. The molecule has 27 heavy (non-hydrogen) atoms. The summed E-state index contributed by atoms with van der Waals surface area (Å²) in [5, 5.41) is 44.0. The number of rotatable bonds is 5. The predicted octanol–water partition coefficient (Wildman–Crippen LogP) is 2.35. The SMILES string of the molecule is CS(C)=O.O=[N+]([O-])c1ccc(N/N=C/c2ccc(O)cc2O)c([N+](=O)[O-])c1. The van der Waals surface area contributed by atoms with E-state index in [0.717, 1.165) is 24.3 Å². The van der Waals surface area contributed by atoms with E-state index in [1.54, 1.807) is 12.5 Å². The summed E-state index contributed by atoms with van der Waals surface area (Å²) >= 11 is 0. The Hall–Kier alpha value is -3.54. The predicted molar refractivity (Wildman–Crippen MR) is 101 cm³/mol. The van der Waals surface area contributed by atoms with Crippen molar-refractivity contribution in [3.8, 4) is 11.5 Å². The molecule has 0 aromatic heterocycles. The first-order chi connectivity index (χ1) is 12.6. The molecule has 0 saturated carbocycles. The Morgan fingerprint density at radius 1 is 1.07 bits per heavy atom. The Morgan fingerprint density at radius 2 is 1.70 bits per heavy atom. The van der Waals surface area contributed by atoms with Gasteiger partial charge in [0.05, 0.1) is 22.1 Å². The highest BCUT2D eigenvalue weighted by atomic mass is 32.2. The second-order valence-electron chi connectivity index (χ2n) is 5.07. The van der Waals surface area contributed by atoms with Crippen LogP contribution in [0.15, 0.2) is 41.5 Å². The van der Waals surface area contributed by atoms with Gasteiger partial charge in [-0.15, -0.1) is 0 Å². The quantitative estimate of drug-likeness (QED) is 0.393. The number of phenols is 2. The number of nitrogens with one attached hydrogen (secondary N) is 1. The third-order valence-corrected chi connectivity index (χ3v) is 2.79. The Morgan fingerprint density at radius 3 is 2.22 bits per heavy atom. The number of nitro benzene ring substituents is 2. The van der Waals surface area contributed by atoms with Gasteiger partial charge in [-0.05, 0) is 18.2 Å². The zero-order chi connectivity index (χ0) is 20.6. The number of aromatic hydroxyl groups is 2. The van der Waals surface area contributed by atoms with E-state index >= 15 is 0 Å². The van der Waals surface area contributed by atoms with Crippen LogP contribution in [0.5, 0.6) is 11.5 Å². The number of hydrogen-bond donors (Lipinski definition) is 3. The van der Waals surface area contributed by atoms with Crippen molar-refractivity contribution in [2.24, 2.45) is 5.10 Å². The molecule has 2 aromatic rings. The average molecular weight is 396 g/mol. The molecule has 0 atom stereocenters. The molecule has 0 aliphatic carbocycles. The largest absolute Gasteiger partial charge is 0.508 e. The molecule has 2 rings (SSSR count). The van der Waals surface area contributed by atoms with E-state index in [1.165, 1.54) is 18.3 Å². The molecule has 144 valence electrons. The smallest absolute Gasteiger partial charge is 0.301 e. The molecule has 0 fully saturated rings. The summed E-state index contributed by atoms with van der Waals surface area (Å²) in [6.45, 7) is 0. The van der Waals surface area contributed by atoms with E-state index in [2.05, 4.69) is 10.5 Å². The Kier molecular flexibility index (Phi) is 7.82. The molecular weight excluding hydrogens is 380 g/mol. The average Bonchev–Trinajstić information content (AvgIpc) is 2.56. The third-order valence-electron chi connectivity index (χ3n) is 2.79. The fourth-order valence-corrected chi connectivity index (χ4v) is 1.69. The fourth-order valence-electron chi connectivity index (χ4n) is 1.69. The van der Waals surface area contributed by atoms with Crippen LogP contribution in [-0.2, 0) is 10.8 Å². The van der Waals surface area contributed by atoms with Crippen LogP contribution in [-0.4, -0.2) is 43.0 Å². The van der Waals surface area contributed by atoms with Crippen molar-refractivity contribution in [1.29, 1.82) is 0 Å². The molecule has 0 radical (unpaired) electrons. The molecule has 2 aromatic carbocycles. The summed E-state index contributed by atoms with van der Waals surface area (Å²) in [5.41, 5.74) is 1.68. The molecule has 3 N–H and O–H groups in total. The number of benzene rings is 2. The fraction of sp³-hybridized carbons (Fsp3) is 0.133. The van der Waals surface area contributed by atoms with Crippen molar-refractivity contribution in [3.05, 3.63) is 62.2 Å². The van der Waals surface area contributed by atoms with Crippen LogP contribution in [0.25, 0.3) is 0 Å². The van der Waals surface area contributed by atoms with Gasteiger partial charge >= 0.3 is 5.69 Å². The van der Waals surface area contributed by atoms with Crippen LogP contribution in [0.4, 0.5) is 17.1 Å². The van der Waals surface area contributed by atoms with Crippen molar-refractivity contribution < 1.29 is 24.3 Å². The highest BCUT2D eigenvalue weighted by Gasteiger charge is 2.19. The molecule has 0 spiro atoms. The number of nitro groups is 2. The summed E-state index contributed by atoms with van der Waals surface area (Å²) in [6.07, 6.45) is 4.46. The van der Waals surface area contributed by atoms with Gasteiger partial charge < -0.3 is 10.2 Å². The van der Waals surface area contributed by atoms with Crippen LogP contribution < -0.4 is 5.43 Å². The van der Waals surface area contributed by atoms with E-state index in [4.69, 9.17) is 5.11 Å². The normalized spacial score (nSPS) is 10.3. The molecule has 0 unspecified atom stereocenters. The Bertz CT molecular complexity index is 898. The van der Waals surface area contributed by atoms with Crippen LogP contribution in [0.1, 0.15) is 5.56 Å². The first kappa shape index (κ1) is 21.5. The van der Waals surface area contributed by atoms with E-state index in [9.17, 15) is 29.5 Å². The van der Waals surface area contributed by atoms with Gasteiger partial charge in [0.1, 0.15) is 17.2 Å². The second kappa shape index (κ2) is 9.82. The second-order valence-corrected chi connectivity index (χ2v) is 6.55. The number of anilines is 1. The molecule has 0 amide bonds. The number of hydrazone groups is 1. The van der Waals surface area contributed by atoms with Gasteiger partial charge in [0.25, 0.3) is 5.69 Å². The van der Waals surface area contributed by atoms with Crippen molar-refractivity contribution in [2.45, 2.75) is 0 Å². The van der Waals surface area contributed by atoms with Gasteiger partial charge in [-0.1, -0.05) is 0 Å². The Balaban J connectivity index is 0.000000828. The maximum atomic E-state index is 10.9. The highest BCUT2D eigenvalue weighted by Crippen LogP contribution is 2.29. The van der Waals surface area contributed by atoms with Crippen molar-refractivity contribution in [1.82, 2.24) is 0 Å². The maximum Gasteiger partial charge on any atom is 0.301 e. The van der Waals surface area contributed by atoms with Crippen molar-refractivity contribution in [3.63, 3.8) is 0 Å². The lowest BCUT2D eigenvalue weighted by Crippen LogP contribution is -1.98. The minimum absolute atomic E-state index is 0.0462. The zero-order valence-corrected chi connectivity index (χ0v) is 15.0. The lowest BCUT2D eigenvalue weighted by Gasteiger charge is -2.02. The van der Waals surface area contributed by atoms with Crippen LogP contribution in [0.2, 0.25) is 0 Å². The lowest BCUT2D eigenvalue weighted by molar-refractivity contribution is -0.393. The monoisotopic (exact) mass is 396 g/mol. The summed E-state index contributed by atoms with van der Waals surface area (Å²) in [5.74, 6) is -0.354. The topological polar surface area (TPSA) is 168 Å². The van der Waals surface area contributed by atoms with E-state index in [0.29, 0.717) is 0 Å². The summed E-state index contributed by atoms with van der Waals surface area (Å²) in [6, 6.07) is 6.90. The van der Waals surface area contributed by atoms with Gasteiger partial charge in [-0.2, -0.15) is 5.10 Å². The van der Waals surface area contributed by atoms with Gasteiger partial charge in [0.15, 0.2) is 0 Å². The summed E-state index contributed by atoms with van der Waals surface area (Å²) < 4.78 is 9.56. The molecule has 11 nitrogen and oxygen atoms in total. The summed E-state index contributed by atoms with van der Waals surface area (Å²) in [7, 11) is -0.611. The first-order valence-corrected chi connectivity index (χ1v) is 9.07. The van der Waals surface area contributed by atoms with E-state index in [1.807, 2.05) is 0 Å². The molecule has 0 aliphatic rings. The van der Waals surface area contributed by atoms with Gasteiger partial charge in [-0.3, -0.25) is 29.9 Å². The van der Waals surface area contributed by atoms with Crippen molar-refractivity contribution in [2.75, 3.05) is 17.9 Å². The van der Waals surface area contributed by atoms with Crippen molar-refractivity contribution >= 4 is 34.1 Å². The number of phenolic OH excluding ortho intramolecular Hbond substituents is 2. The molecule has 0 heterocycles. The Labute approximate surface area is 155 Å². The number of nitrogens with zero attached hydrogens (tertiary/aromatic N) is 3. The zero-order valence-electron chi connectivity index (χ0n) is 14.2. The van der Waals surface area contributed by atoms with E-state index < -0.39 is 32.0 Å². The van der Waals surface area contributed by atoms with Crippen LogP contribution in [0.3, 0.4) is 0 Å². The molecule has 0 saturated heterocycles. The van der Waals surface area contributed by atoms with Crippen LogP contribution >= 0.6 is 0 Å². The van der Waals surface area contributed by atoms with Gasteiger partial charge in [0.2, 0.25) is 0 Å². The number of non-ortho nitro benzene ring substituents is 1. The first-order valence-electron chi connectivity index (χ1n) is 7.10. The minimum atomic E-state index is -0.775. The standard InChI is InChI=1S/C13H10N4O6.C2H6OS/c18-10-3-1-8(13(19)6-10)7-14-15-11-4-2-9(16(20)21)5-12(11)17(22)23;1-4(2)3/h1-7,15,18-19H;1-2H3/b14-7+;. The lowest BCUT2D eigenvalue weighted by atomic mass is 10.2. The van der Waals surface area contributed by atoms with Crippen LogP contribution in [0, 0.1) is 20.2 Å². The third kappa shape index (κ3) is 7.07. The van der Waals surface area contributed by atoms with E-state index in [-0.39, 0.29) is 22.7 Å². The molecular formula is C15H16N4O7S.